The van der Waals surface area contributed by atoms with Gasteiger partial charge in [-0.25, -0.2) is 0 Å². The Kier molecular flexibility index (Phi) is 8.97. The molecule has 0 spiro atoms. The molecular formula is C54H37NO3. The molecule has 0 saturated carbocycles. The van der Waals surface area contributed by atoms with Gasteiger partial charge in [0.15, 0.2) is 0 Å². The molecule has 1 aliphatic rings. The van der Waals surface area contributed by atoms with Crippen molar-refractivity contribution in [3.8, 4) is 84.4 Å². The fourth-order valence-electron chi connectivity index (χ4n) is 7.87. The Balaban J connectivity index is 1.10. The van der Waals surface area contributed by atoms with Crippen LogP contribution in [0.2, 0.25) is 0 Å². The van der Waals surface area contributed by atoms with Crippen molar-refractivity contribution in [1.29, 1.82) is 0 Å². The number of hydrogen-bond donors (Lipinski definition) is 1. The molecular weight excluding hydrogens is 711 g/mol. The first kappa shape index (κ1) is 34.7. The summed E-state index contributed by atoms with van der Waals surface area (Å²) in [5, 5.41) is 10.8. The number of hydrogen-bond acceptors (Lipinski definition) is 4. The Morgan fingerprint density at radius 3 is 1.24 bits per heavy atom. The van der Waals surface area contributed by atoms with E-state index < -0.39 is 0 Å². The molecule has 10 rings (SSSR count). The van der Waals surface area contributed by atoms with E-state index in [0.29, 0.717) is 5.75 Å². The highest BCUT2D eigenvalue weighted by Gasteiger charge is 2.22. The molecule has 9 aromatic rings. The Morgan fingerprint density at radius 2 is 0.672 bits per heavy atom. The highest BCUT2D eigenvalue weighted by molar-refractivity contribution is 5.90. The summed E-state index contributed by atoms with van der Waals surface area (Å²) in [5.41, 5.74) is 12.7. The van der Waals surface area contributed by atoms with Crippen LogP contribution >= 0.6 is 0 Å². The number of anilines is 3. The fourth-order valence-corrected chi connectivity index (χ4v) is 7.87. The van der Waals surface area contributed by atoms with Crippen LogP contribution in [0.4, 0.5) is 17.1 Å². The van der Waals surface area contributed by atoms with Crippen LogP contribution in [-0.4, -0.2) is 5.11 Å². The lowest BCUT2D eigenvalue weighted by Crippen LogP contribution is -2.09. The first-order valence-corrected chi connectivity index (χ1v) is 19.4. The molecule has 58 heavy (non-hydrogen) atoms. The first-order chi connectivity index (χ1) is 28.7. The van der Waals surface area contributed by atoms with Gasteiger partial charge in [0.25, 0.3) is 0 Å². The highest BCUT2D eigenvalue weighted by Crippen LogP contribution is 2.49. The summed E-state index contributed by atoms with van der Waals surface area (Å²) < 4.78 is 14.0. The lowest BCUT2D eigenvalue weighted by molar-refractivity contribution is 0.472. The van der Waals surface area contributed by atoms with Crippen LogP contribution in [0.3, 0.4) is 0 Å². The lowest BCUT2D eigenvalue weighted by atomic mass is 9.91. The third-order valence-corrected chi connectivity index (χ3v) is 10.7. The molecule has 1 heterocycles. The van der Waals surface area contributed by atoms with Gasteiger partial charge in [-0.1, -0.05) is 140 Å². The van der Waals surface area contributed by atoms with Gasteiger partial charge >= 0.3 is 0 Å². The molecule has 0 radical (unpaired) electrons. The number of fused-ring (bicyclic) bond motifs is 6. The van der Waals surface area contributed by atoms with E-state index in [1.807, 2.05) is 84.9 Å². The van der Waals surface area contributed by atoms with E-state index >= 15 is 0 Å². The number of para-hydroxylation sites is 5. The number of phenolic OH excluding ortho intramolecular Hbond substituents is 1. The normalized spacial score (nSPS) is 11.4. The van der Waals surface area contributed by atoms with Crippen LogP contribution in [0.5, 0.6) is 28.7 Å². The summed E-state index contributed by atoms with van der Waals surface area (Å²) in [6, 6.07) is 74.1. The smallest absolute Gasteiger partial charge is 0.136 e. The minimum absolute atomic E-state index is 0.235. The first-order valence-electron chi connectivity index (χ1n) is 19.4. The van der Waals surface area contributed by atoms with E-state index in [-0.39, 0.29) is 5.75 Å². The summed E-state index contributed by atoms with van der Waals surface area (Å²) in [5.74, 6) is 3.12. The Hall–Kier alpha value is -7.82. The van der Waals surface area contributed by atoms with Crippen molar-refractivity contribution >= 4 is 17.1 Å². The second-order valence-corrected chi connectivity index (χ2v) is 14.2. The van der Waals surface area contributed by atoms with Gasteiger partial charge in [0.2, 0.25) is 0 Å². The maximum atomic E-state index is 10.8. The van der Waals surface area contributed by atoms with E-state index in [2.05, 4.69) is 132 Å². The van der Waals surface area contributed by atoms with Gasteiger partial charge in [0.1, 0.15) is 28.7 Å². The predicted octanol–water partition coefficient (Wildman–Crippen LogP) is 15.1. The Bertz CT molecular complexity index is 2870. The molecule has 0 bridgehead atoms. The molecule has 276 valence electrons. The number of aromatic hydroxyl groups is 1. The number of phenols is 1. The second kappa shape index (κ2) is 15.0. The third kappa shape index (κ3) is 6.53. The van der Waals surface area contributed by atoms with Gasteiger partial charge < -0.3 is 19.5 Å². The lowest BCUT2D eigenvalue weighted by Gasteiger charge is -2.25. The quantitative estimate of drug-likeness (QED) is 0.184. The van der Waals surface area contributed by atoms with E-state index in [1.54, 1.807) is 6.07 Å². The number of benzene rings is 9. The monoisotopic (exact) mass is 747 g/mol. The summed E-state index contributed by atoms with van der Waals surface area (Å²) in [4.78, 5) is 2.26. The molecule has 0 aromatic heterocycles. The van der Waals surface area contributed by atoms with Crippen molar-refractivity contribution < 1.29 is 14.6 Å². The van der Waals surface area contributed by atoms with Crippen LogP contribution in [0.25, 0.3) is 55.6 Å². The molecule has 1 N–H and O–H groups in total. The van der Waals surface area contributed by atoms with E-state index in [4.69, 9.17) is 9.47 Å². The van der Waals surface area contributed by atoms with Crippen molar-refractivity contribution in [3.63, 3.8) is 0 Å². The molecule has 0 aliphatic carbocycles. The standard InChI is InChI=1S/C54H37NO3/c56-50-24-12-9-21-45(50)44-20-8-7-19-43(44)39-30-34-49-48-33-29-38(37-27-31-42(32-28-37)55(40-15-3-1-4-16-40)41-17-5-2-6-18-41)35-53(48)57-51-25-13-10-22-46(51)47-23-11-14-26-52(47)58-54(49)36-39/h1-36,56H. The summed E-state index contributed by atoms with van der Waals surface area (Å²) in [6.45, 7) is 0. The number of rotatable bonds is 6. The average Bonchev–Trinajstić information content (AvgIpc) is 3.28. The molecule has 4 nitrogen and oxygen atoms in total. The molecule has 0 atom stereocenters. The zero-order valence-electron chi connectivity index (χ0n) is 31.5. The van der Waals surface area contributed by atoms with Crippen LogP contribution < -0.4 is 14.4 Å². The minimum atomic E-state index is 0.235. The number of ether oxygens (including phenoxy) is 2. The van der Waals surface area contributed by atoms with Gasteiger partial charge in [-0.15, -0.1) is 0 Å². The van der Waals surface area contributed by atoms with Crippen molar-refractivity contribution in [1.82, 2.24) is 0 Å². The maximum Gasteiger partial charge on any atom is 0.136 e. The molecule has 0 fully saturated rings. The van der Waals surface area contributed by atoms with Gasteiger partial charge in [0, 0.05) is 44.9 Å². The summed E-state index contributed by atoms with van der Waals surface area (Å²) in [6.07, 6.45) is 0. The average molecular weight is 748 g/mol. The SMILES string of the molecule is Oc1ccccc1-c1ccccc1-c1ccc2c(c1)Oc1ccccc1-c1ccccc1Oc1cc(-c3ccc(N(c4ccccc4)c4ccccc4)cc3)ccc1-2. The molecule has 9 aromatic carbocycles. The molecule has 0 saturated heterocycles. The molecule has 4 heteroatoms. The topological polar surface area (TPSA) is 41.9 Å². The van der Waals surface area contributed by atoms with Crippen LogP contribution in [0.15, 0.2) is 218 Å². The van der Waals surface area contributed by atoms with Gasteiger partial charge in [-0.2, -0.15) is 0 Å². The van der Waals surface area contributed by atoms with Crippen molar-refractivity contribution in [2.75, 3.05) is 4.90 Å². The third-order valence-electron chi connectivity index (χ3n) is 10.7. The zero-order chi connectivity index (χ0) is 38.8. The molecule has 0 amide bonds. The van der Waals surface area contributed by atoms with Crippen molar-refractivity contribution in [2.24, 2.45) is 0 Å². The van der Waals surface area contributed by atoms with Gasteiger partial charge in [-0.05, 0) is 107 Å². The molecule has 0 unspecified atom stereocenters. The molecule has 1 aliphatic heterocycles. The minimum Gasteiger partial charge on any atom is -0.507 e. The summed E-state index contributed by atoms with van der Waals surface area (Å²) in [7, 11) is 0. The maximum absolute atomic E-state index is 10.8. The number of nitrogens with zero attached hydrogens (tertiary/aromatic N) is 1. The van der Waals surface area contributed by atoms with Crippen molar-refractivity contribution in [3.05, 3.63) is 218 Å². The Labute approximate surface area is 338 Å². The fraction of sp³-hybridized carbons (Fsp3) is 0. The zero-order valence-corrected chi connectivity index (χ0v) is 31.5. The van der Waals surface area contributed by atoms with Crippen LogP contribution in [0, 0.1) is 0 Å². The van der Waals surface area contributed by atoms with Gasteiger partial charge in [-0.3, -0.25) is 0 Å². The summed E-state index contributed by atoms with van der Waals surface area (Å²) >= 11 is 0. The van der Waals surface area contributed by atoms with Crippen LogP contribution in [0.1, 0.15) is 0 Å². The van der Waals surface area contributed by atoms with E-state index in [0.717, 1.165) is 89.9 Å². The van der Waals surface area contributed by atoms with Crippen molar-refractivity contribution in [2.45, 2.75) is 0 Å². The van der Waals surface area contributed by atoms with Gasteiger partial charge in [0.05, 0.1) is 0 Å². The van der Waals surface area contributed by atoms with Crippen LogP contribution in [-0.2, 0) is 0 Å². The largest absolute Gasteiger partial charge is 0.507 e. The Morgan fingerprint density at radius 1 is 0.276 bits per heavy atom. The van der Waals surface area contributed by atoms with E-state index in [9.17, 15) is 5.11 Å². The highest BCUT2D eigenvalue weighted by atomic mass is 16.5. The second-order valence-electron chi connectivity index (χ2n) is 14.2. The van der Waals surface area contributed by atoms with E-state index in [1.165, 1.54) is 0 Å². The predicted molar refractivity (Wildman–Crippen MR) is 237 cm³/mol.